The van der Waals surface area contributed by atoms with Crippen LogP contribution in [0.3, 0.4) is 0 Å². The second-order valence-corrected chi connectivity index (χ2v) is 3.91. The molecule has 0 heterocycles. The third-order valence-electron chi connectivity index (χ3n) is 2.41. The maximum Gasteiger partial charge on any atom is 0.328 e. The molecule has 1 rings (SSSR count). The van der Waals surface area contributed by atoms with Crippen molar-refractivity contribution in [2.24, 2.45) is 0 Å². The Hall–Kier alpha value is -2.10. The van der Waals surface area contributed by atoms with E-state index in [9.17, 15) is 9.59 Å². The molecule has 0 radical (unpaired) electrons. The summed E-state index contributed by atoms with van der Waals surface area (Å²) < 4.78 is 0. The minimum atomic E-state index is -1.12. The van der Waals surface area contributed by atoms with E-state index in [1.54, 1.807) is 0 Å². The van der Waals surface area contributed by atoms with Crippen LogP contribution in [0.15, 0.2) is 42.5 Å². The highest BCUT2D eigenvalue weighted by Crippen LogP contribution is 2.03. The first-order valence-corrected chi connectivity index (χ1v) is 5.91. The lowest BCUT2D eigenvalue weighted by Crippen LogP contribution is -2.22. The van der Waals surface area contributed by atoms with Crippen LogP contribution in [0.5, 0.6) is 0 Å². The summed E-state index contributed by atoms with van der Waals surface area (Å²) in [6.07, 6.45) is 4.72. The van der Waals surface area contributed by atoms with Gasteiger partial charge in [-0.2, -0.15) is 0 Å². The summed E-state index contributed by atoms with van der Waals surface area (Å²) >= 11 is 0. The summed E-state index contributed by atoms with van der Waals surface area (Å²) in [7, 11) is 0. The van der Waals surface area contributed by atoms with Crippen molar-refractivity contribution in [3.63, 3.8) is 0 Å². The number of hydrogen-bond donors (Lipinski definition) is 2. The van der Waals surface area contributed by atoms with Crippen LogP contribution in [0, 0.1) is 0 Å². The number of nitrogens with one attached hydrogen (secondary N) is 1. The first-order valence-electron chi connectivity index (χ1n) is 5.91. The molecule has 2 N–H and O–H groups in total. The van der Waals surface area contributed by atoms with E-state index < -0.39 is 5.97 Å². The number of aliphatic carboxylic acids is 1. The average molecular weight is 247 g/mol. The van der Waals surface area contributed by atoms with Crippen LogP contribution < -0.4 is 5.32 Å². The molecule has 0 aliphatic rings. The van der Waals surface area contributed by atoms with E-state index in [1.165, 1.54) is 5.56 Å². The van der Waals surface area contributed by atoms with E-state index in [0.717, 1.165) is 31.4 Å². The Labute approximate surface area is 106 Å². The zero-order valence-electron chi connectivity index (χ0n) is 10.1. The van der Waals surface area contributed by atoms with Crippen molar-refractivity contribution in [2.75, 3.05) is 6.54 Å². The zero-order valence-corrected chi connectivity index (χ0v) is 10.1. The first-order chi connectivity index (χ1) is 8.68. The third-order valence-corrected chi connectivity index (χ3v) is 2.41. The number of hydrogen-bond acceptors (Lipinski definition) is 2. The lowest BCUT2D eigenvalue weighted by Gasteiger charge is -2.02. The molecule has 4 heteroatoms. The number of unbranched alkanes of at least 4 members (excludes halogenated alkanes) is 1. The molecule has 0 unspecified atom stereocenters. The molecule has 0 aromatic heterocycles. The largest absolute Gasteiger partial charge is 0.478 e. The second kappa shape index (κ2) is 8.06. The molecule has 1 amide bonds. The van der Waals surface area contributed by atoms with Crippen molar-refractivity contribution in [3.8, 4) is 0 Å². The van der Waals surface area contributed by atoms with Crippen molar-refractivity contribution in [1.82, 2.24) is 5.32 Å². The second-order valence-electron chi connectivity index (χ2n) is 3.91. The van der Waals surface area contributed by atoms with Crippen LogP contribution in [-0.4, -0.2) is 23.5 Å². The van der Waals surface area contributed by atoms with Gasteiger partial charge in [-0.1, -0.05) is 30.3 Å². The Morgan fingerprint density at radius 3 is 2.50 bits per heavy atom. The molecule has 0 spiro atoms. The van der Waals surface area contributed by atoms with E-state index in [0.29, 0.717) is 6.54 Å². The van der Waals surface area contributed by atoms with Crippen LogP contribution in [0.2, 0.25) is 0 Å². The molecule has 1 aromatic rings. The summed E-state index contributed by atoms with van der Waals surface area (Å²) in [6, 6.07) is 10.2. The van der Waals surface area contributed by atoms with Crippen LogP contribution in [-0.2, 0) is 16.0 Å². The highest BCUT2D eigenvalue weighted by molar-refractivity contribution is 5.93. The summed E-state index contributed by atoms with van der Waals surface area (Å²) in [4.78, 5) is 21.3. The fraction of sp³-hybridized carbons (Fsp3) is 0.286. The van der Waals surface area contributed by atoms with Gasteiger partial charge in [0, 0.05) is 18.7 Å². The summed E-state index contributed by atoms with van der Waals surface area (Å²) in [6.45, 7) is 0.565. The van der Waals surface area contributed by atoms with Crippen molar-refractivity contribution < 1.29 is 14.7 Å². The highest BCUT2D eigenvalue weighted by atomic mass is 16.4. The van der Waals surface area contributed by atoms with Gasteiger partial charge in [-0.3, -0.25) is 4.79 Å². The minimum Gasteiger partial charge on any atom is -0.478 e. The minimum absolute atomic E-state index is 0.364. The van der Waals surface area contributed by atoms with Gasteiger partial charge in [-0.15, -0.1) is 0 Å². The van der Waals surface area contributed by atoms with Gasteiger partial charge in [0.1, 0.15) is 0 Å². The monoisotopic (exact) mass is 247 g/mol. The lowest BCUT2D eigenvalue weighted by molar-refractivity contribution is -0.131. The number of carbonyl (C=O) groups is 2. The molecular weight excluding hydrogens is 230 g/mol. The van der Waals surface area contributed by atoms with Crippen molar-refractivity contribution in [1.29, 1.82) is 0 Å². The van der Waals surface area contributed by atoms with Gasteiger partial charge in [0.2, 0.25) is 5.91 Å². The number of aryl methyl sites for hydroxylation is 1. The number of carboxylic acids is 1. The summed E-state index contributed by atoms with van der Waals surface area (Å²) in [5.41, 5.74) is 1.29. The summed E-state index contributed by atoms with van der Waals surface area (Å²) in [5.74, 6) is -1.48. The molecule has 0 fully saturated rings. The van der Waals surface area contributed by atoms with E-state index in [4.69, 9.17) is 5.11 Å². The van der Waals surface area contributed by atoms with E-state index in [1.807, 2.05) is 18.2 Å². The van der Waals surface area contributed by atoms with Crippen LogP contribution in [0.1, 0.15) is 18.4 Å². The van der Waals surface area contributed by atoms with Gasteiger partial charge in [-0.05, 0) is 24.8 Å². The standard InChI is InChI=1S/C14H17NO3/c16-13(9-10-14(17)18)15-11-5-4-8-12-6-2-1-3-7-12/h1-3,6-7,9-10H,4-5,8,11H2,(H,15,16)(H,17,18). The van der Waals surface area contributed by atoms with Gasteiger partial charge in [0.05, 0.1) is 0 Å². The molecule has 0 aliphatic heterocycles. The molecule has 0 bridgehead atoms. The lowest BCUT2D eigenvalue weighted by atomic mass is 10.1. The fourth-order valence-electron chi connectivity index (χ4n) is 1.52. The Kier molecular flexibility index (Phi) is 6.25. The number of benzene rings is 1. The number of carboxylic acid groups (broad SMARTS) is 1. The molecule has 0 saturated carbocycles. The van der Waals surface area contributed by atoms with Crippen molar-refractivity contribution >= 4 is 11.9 Å². The molecule has 0 aliphatic carbocycles. The molecule has 18 heavy (non-hydrogen) atoms. The predicted octanol–water partition coefficient (Wildman–Crippen LogP) is 1.77. The molecular formula is C14H17NO3. The topological polar surface area (TPSA) is 66.4 Å². The number of carbonyl (C=O) groups excluding carboxylic acids is 1. The van der Waals surface area contributed by atoms with Gasteiger partial charge in [0.25, 0.3) is 0 Å². The normalized spacial score (nSPS) is 10.4. The van der Waals surface area contributed by atoms with Crippen molar-refractivity contribution in [3.05, 3.63) is 48.0 Å². The first kappa shape index (κ1) is 14.0. The molecule has 4 nitrogen and oxygen atoms in total. The maximum absolute atomic E-state index is 11.1. The van der Waals surface area contributed by atoms with E-state index in [-0.39, 0.29) is 5.91 Å². The van der Waals surface area contributed by atoms with Crippen LogP contribution >= 0.6 is 0 Å². The number of amides is 1. The molecule has 0 saturated heterocycles. The van der Waals surface area contributed by atoms with Crippen LogP contribution in [0.25, 0.3) is 0 Å². The highest BCUT2D eigenvalue weighted by Gasteiger charge is 1.96. The SMILES string of the molecule is O=C(O)C=CC(=O)NCCCCc1ccccc1. The number of rotatable bonds is 7. The van der Waals surface area contributed by atoms with Gasteiger partial charge < -0.3 is 10.4 Å². The molecule has 96 valence electrons. The molecule has 1 aromatic carbocycles. The Morgan fingerprint density at radius 2 is 1.83 bits per heavy atom. The quantitative estimate of drug-likeness (QED) is 0.570. The van der Waals surface area contributed by atoms with Crippen molar-refractivity contribution in [2.45, 2.75) is 19.3 Å². The maximum atomic E-state index is 11.1. The van der Waals surface area contributed by atoms with E-state index in [2.05, 4.69) is 17.4 Å². The summed E-state index contributed by atoms with van der Waals surface area (Å²) in [5, 5.41) is 11.0. The predicted molar refractivity (Wildman–Crippen MR) is 69.2 cm³/mol. The van der Waals surface area contributed by atoms with Gasteiger partial charge in [0.15, 0.2) is 0 Å². The zero-order chi connectivity index (χ0) is 13.2. The Balaban J connectivity index is 2.09. The smallest absolute Gasteiger partial charge is 0.328 e. The van der Waals surface area contributed by atoms with Gasteiger partial charge >= 0.3 is 5.97 Å². The van der Waals surface area contributed by atoms with E-state index >= 15 is 0 Å². The van der Waals surface area contributed by atoms with Crippen LogP contribution in [0.4, 0.5) is 0 Å². The van der Waals surface area contributed by atoms with Gasteiger partial charge in [-0.25, -0.2) is 4.79 Å². The Bertz CT molecular complexity index is 412. The fourth-order valence-corrected chi connectivity index (χ4v) is 1.52. The average Bonchev–Trinajstić information content (AvgIpc) is 2.37. The third kappa shape index (κ3) is 6.48. The Morgan fingerprint density at radius 1 is 1.11 bits per heavy atom. The molecule has 0 atom stereocenters.